The zero-order chi connectivity index (χ0) is 13.6. The maximum absolute atomic E-state index is 4.53. The highest BCUT2D eigenvalue weighted by atomic mass is 15.1. The fraction of sp³-hybridized carbons (Fsp3) is 0.714. The van der Waals surface area contributed by atoms with E-state index in [1.807, 2.05) is 6.07 Å². The lowest BCUT2D eigenvalue weighted by molar-refractivity contribution is 0.544. The van der Waals surface area contributed by atoms with Gasteiger partial charge in [0.1, 0.15) is 17.5 Å². The van der Waals surface area contributed by atoms with E-state index in [9.17, 15) is 0 Å². The highest BCUT2D eigenvalue weighted by Crippen LogP contribution is 2.18. The number of nitrogens with zero attached hydrogens (tertiary/aromatic N) is 2. The van der Waals surface area contributed by atoms with E-state index >= 15 is 0 Å². The van der Waals surface area contributed by atoms with Crippen LogP contribution in [0.15, 0.2) is 6.07 Å². The van der Waals surface area contributed by atoms with Gasteiger partial charge in [-0.05, 0) is 26.7 Å². The summed E-state index contributed by atoms with van der Waals surface area (Å²) in [7, 11) is 0. The molecule has 0 aliphatic rings. The number of aromatic nitrogens is 2. The molecule has 0 bridgehead atoms. The number of anilines is 2. The number of nitrogens with one attached hydrogen (secondary N) is 2. The van der Waals surface area contributed by atoms with Crippen LogP contribution in [0.25, 0.3) is 0 Å². The third-order valence-electron chi connectivity index (χ3n) is 3.00. The van der Waals surface area contributed by atoms with Gasteiger partial charge in [0.25, 0.3) is 0 Å². The van der Waals surface area contributed by atoms with Crippen LogP contribution in [0.4, 0.5) is 11.6 Å². The second kappa shape index (κ2) is 6.57. The first kappa shape index (κ1) is 14.7. The van der Waals surface area contributed by atoms with Crippen molar-refractivity contribution in [3.63, 3.8) is 0 Å². The van der Waals surface area contributed by atoms with Crippen molar-refractivity contribution in [1.82, 2.24) is 9.97 Å². The molecule has 0 spiro atoms. The van der Waals surface area contributed by atoms with Gasteiger partial charge >= 0.3 is 0 Å². The second-order valence-electron chi connectivity index (χ2n) is 5.20. The Morgan fingerprint density at radius 2 is 1.78 bits per heavy atom. The third kappa shape index (κ3) is 4.51. The minimum Gasteiger partial charge on any atom is -0.370 e. The maximum atomic E-state index is 4.53. The topological polar surface area (TPSA) is 49.8 Å². The molecule has 1 heterocycles. The Kier molecular flexibility index (Phi) is 5.38. The van der Waals surface area contributed by atoms with Gasteiger partial charge in [0.2, 0.25) is 0 Å². The van der Waals surface area contributed by atoms with E-state index in [-0.39, 0.29) is 5.54 Å². The summed E-state index contributed by atoms with van der Waals surface area (Å²) < 4.78 is 0. The summed E-state index contributed by atoms with van der Waals surface area (Å²) in [4.78, 5) is 9.01. The number of aryl methyl sites for hydroxylation is 1. The van der Waals surface area contributed by atoms with Crippen molar-refractivity contribution in [2.75, 3.05) is 17.2 Å². The van der Waals surface area contributed by atoms with Crippen molar-refractivity contribution in [1.29, 1.82) is 0 Å². The Bertz CT molecular complexity index is 374. The van der Waals surface area contributed by atoms with E-state index in [2.05, 4.69) is 55.2 Å². The minimum atomic E-state index is 0.0569. The lowest BCUT2D eigenvalue weighted by Gasteiger charge is -2.25. The van der Waals surface area contributed by atoms with Crippen LogP contribution in [0.5, 0.6) is 0 Å². The van der Waals surface area contributed by atoms with Gasteiger partial charge in [0.15, 0.2) is 0 Å². The summed E-state index contributed by atoms with van der Waals surface area (Å²) in [6.07, 6.45) is 2.99. The van der Waals surface area contributed by atoms with E-state index in [1.54, 1.807) is 0 Å². The summed E-state index contributed by atoms with van der Waals surface area (Å²) in [5.41, 5.74) is 0.0569. The lowest BCUT2D eigenvalue weighted by atomic mass is 10.0. The number of rotatable bonds is 7. The quantitative estimate of drug-likeness (QED) is 0.778. The molecule has 4 heteroatoms. The highest BCUT2D eigenvalue weighted by Gasteiger charge is 2.15. The molecule has 0 amide bonds. The predicted octanol–water partition coefficient (Wildman–Crippen LogP) is 3.46. The molecule has 1 rings (SSSR count). The average molecular weight is 250 g/mol. The van der Waals surface area contributed by atoms with Crippen LogP contribution in [0.2, 0.25) is 0 Å². The summed E-state index contributed by atoms with van der Waals surface area (Å²) in [5.74, 6) is 2.70. The first-order valence-corrected chi connectivity index (χ1v) is 6.90. The van der Waals surface area contributed by atoms with Crippen LogP contribution in [0, 0.1) is 0 Å². The molecule has 0 atom stereocenters. The molecule has 0 fully saturated rings. The smallest absolute Gasteiger partial charge is 0.132 e. The summed E-state index contributed by atoms with van der Waals surface area (Å²) in [6.45, 7) is 11.7. The zero-order valence-corrected chi connectivity index (χ0v) is 12.3. The summed E-state index contributed by atoms with van der Waals surface area (Å²) >= 11 is 0. The van der Waals surface area contributed by atoms with Gasteiger partial charge in [0.05, 0.1) is 0 Å². The lowest BCUT2D eigenvalue weighted by Crippen LogP contribution is -2.30. The first-order valence-electron chi connectivity index (χ1n) is 6.90. The summed E-state index contributed by atoms with van der Waals surface area (Å²) in [5, 5.41) is 6.79. The summed E-state index contributed by atoms with van der Waals surface area (Å²) in [6, 6.07) is 1.99. The first-order chi connectivity index (χ1) is 8.50. The molecule has 1 aromatic rings. The molecule has 0 saturated carbocycles. The fourth-order valence-corrected chi connectivity index (χ4v) is 1.50. The van der Waals surface area contributed by atoms with Gasteiger partial charge in [-0.2, -0.15) is 0 Å². The Labute approximate surface area is 111 Å². The molecule has 102 valence electrons. The van der Waals surface area contributed by atoms with Gasteiger partial charge in [0, 0.05) is 24.6 Å². The van der Waals surface area contributed by atoms with E-state index in [0.717, 1.165) is 43.3 Å². The van der Waals surface area contributed by atoms with Crippen LogP contribution in [-0.2, 0) is 6.42 Å². The molecule has 0 aliphatic carbocycles. The van der Waals surface area contributed by atoms with E-state index in [4.69, 9.17) is 0 Å². The van der Waals surface area contributed by atoms with Crippen LogP contribution in [-0.4, -0.2) is 22.1 Å². The van der Waals surface area contributed by atoms with Crippen LogP contribution in [0.3, 0.4) is 0 Å². The molecule has 2 N–H and O–H groups in total. The van der Waals surface area contributed by atoms with E-state index in [0.29, 0.717) is 0 Å². The second-order valence-corrected chi connectivity index (χ2v) is 5.20. The molecule has 4 nitrogen and oxygen atoms in total. The molecule has 0 aliphatic heterocycles. The van der Waals surface area contributed by atoms with Gasteiger partial charge in [-0.15, -0.1) is 0 Å². The minimum absolute atomic E-state index is 0.0569. The molecule has 0 unspecified atom stereocenters. The van der Waals surface area contributed by atoms with Crippen molar-refractivity contribution in [2.24, 2.45) is 0 Å². The Morgan fingerprint density at radius 1 is 1.11 bits per heavy atom. The SMILES string of the molecule is CCCNc1cc(NC(C)(C)CC)nc(CC)n1. The number of hydrogen-bond acceptors (Lipinski definition) is 4. The average Bonchev–Trinajstić information content (AvgIpc) is 2.35. The Morgan fingerprint density at radius 3 is 2.33 bits per heavy atom. The van der Waals surface area contributed by atoms with Gasteiger partial charge in [-0.1, -0.05) is 20.8 Å². The molecule has 0 aromatic carbocycles. The molecular formula is C14H26N4. The molecule has 0 saturated heterocycles. The van der Waals surface area contributed by atoms with Gasteiger partial charge in [-0.3, -0.25) is 0 Å². The normalized spacial score (nSPS) is 11.4. The van der Waals surface area contributed by atoms with Crippen molar-refractivity contribution < 1.29 is 0 Å². The number of hydrogen-bond donors (Lipinski definition) is 2. The van der Waals surface area contributed by atoms with Crippen LogP contribution < -0.4 is 10.6 Å². The van der Waals surface area contributed by atoms with E-state index < -0.39 is 0 Å². The Hall–Kier alpha value is -1.32. The Balaban J connectivity index is 2.89. The van der Waals surface area contributed by atoms with Crippen LogP contribution >= 0.6 is 0 Å². The van der Waals surface area contributed by atoms with Crippen molar-refractivity contribution >= 4 is 11.6 Å². The highest BCUT2D eigenvalue weighted by molar-refractivity contribution is 5.48. The molecule has 1 aromatic heterocycles. The maximum Gasteiger partial charge on any atom is 0.132 e. The largest absolute Gasteiger partial charge is 0.370 e. The van der Waals surface area contributed by atoms with Crippen LogP contribution in [0.1, 0.15) is 53.3 Å². The third-order valence-corrected chi connectivity index (χ3v) is 3.00. The zero-order valence-electron chi connectivity index (χ0n) is 12.3. The molecule has 18 heavy (non-hydrogen) atoms. The fourth-order valence-electron chi connectivity index (χ4n) is 1.50. The predicted molar refractivity (Wildman–Crippen MR) is 78.2 cm³/mol. The van der Waals surface area contributed by atoms with Gasteiger partial charge < -0.3 is 10.6 Å². The standard InChI is InChI=1S/C14H26N4/c1-6-9-15-12-10-13(17-11(7-2)16-12)18-14(4,5)8-3/h10H,6-9H2,1-5H3,(H2,15,16,17,18). The van der Waals surface area contributed by atoms with Crippen molar-refractivity contribution in [3.05, 3.63) is 11.9 Å². The van der Waals surface area contributed by atoms with Crippen molar-refractivity contribution in [2.45, 2.75) is 59.4 Å². The molecule has 0 radical (unpaired) electrons. The van der Waals surface area contributed by atoms with Gasteiger partial charge in [-0.25, -0.2) is 9.97 Å². The molecular weight excluding hydrogens is 224 g/mol. The van der Waals surface area contributed by atoms with E-state index in [1.165, 1.54) is 0 Å². The van der Waals surface area contributed by atoms with Crippen molar-refractivity contribution in [3.8, 4) is 0 Å². The monoisotopic (exact) mass is 250 g/mol.